The molecule has 0 fully saturated rings. The number of nitrogens with zero attached hydrogens (tertiary/aromatic N) is 2. The molecule has 0 aliphatic carbocycles. The molecule has 1 aromatic carbocycles. The van der Waals surface area contributed by atoms with Crippen LogP contribution in [0.15, 0.2) is 30.6 Å². The van der Waals surface area contributed by atoms with Gasteiger partial charge in [0.25, 0.3) is 0 Å². The topological polar surface area (TPSA) is 17.8 Å². The van der Waals surface area contributed by atoms with Crippen molar-refractivity contribution in [2.24, 2.45) is 0 Å². The first-order chi connectivity index (χ1) is 7.72. The van der Waals surface area contributed by atoms with Gasteiger partial charge in [-0.3, -0.25) is 0 Å². The lowest BCUT2D eigenvalue weighted by Crippen LogP contribution is -2.05. The second kappa shape index (κ2) is 4.66. The van der Waals surface area contributed by atoms with Crippen LogP contribution < -0.4 is 0 Å². The predicted molar refractivity (Wildman–Crippen MR) is 62.1 cm³/mol. The SMILES string of the molecule is CCc1nccn1Cc1cccc(Cl)c1F. The molecule has 4 heteroatoms. The minimum absolute atomic E-state index is 0.163. The molecule has 16 heavy (non-hydrogen) atoms. The summed E-state index contributed by atoms with van der Waals surface area (Å²) >= 11 is 5.73. The zero-order valence-corrected chi connectivity index (χ0v) is 9.71. The molecule has 2 rings (SSSR count). The summed E-state index contributed by atoms with van der Waals surface area (Å²) in [5, 5.41) is 0.163. The zero-order chi connectivity index (χ0) is 11.5. The number of rotatable bonds is 3. The van der Waals surface area contributed by atoms with E-state index < -0.39 is 0 Å². The van der Waals surface area contributed by atoms with Crippen LogP contribution in [0.1, 0.15) is 18.3 Å². The van der Waals surface area contributed by atoms with Crippen LogP contribution in [0.25, 0.3) is 0 Å². The lowest BCUT2D eigenvalue weighted by Gasteiger charge is -2.08. The second-order valence-corrected chi connectivity index (χ2v) is 3.95. The van der Waals surface area contributed by atoms with E-state index in [1.807, 2.05) is 17.7 Å². The van der Waals surface area contributed by atoms with Crippen molar-refractivity contribution in [3.05, 3.63) is 52.8 Å². The van der Waals surface area contributed by atoms with Crippen LogP contribution >= 0.6 is 11.6 Å². The first-order valence-corrected chi connectivity index (χ1v) is 5.53. The summed E-state index contributed by atoms with van der Waals surface area (Å²) in [6, 6.07) is 5.04. The molecule has 0 bridgehead atoms. The van der Waals surface area contributed by atoms with Crippen LogP contribution in [-0.2, 0) is 13.0 Å². The standard InChI is InChI=1S/C12H12ClFN2/c1-2-11-15-6-7-16(11)8-9-4-3-5-10(13)12(9)14/h3-7H,2,8H2,1H3. The summed E-state index contributed by atoms with van der Waals surface area (Å²) in [7, 11) is 0. The van der Waals surface area contributed by atoms with Crippen molar-refractivity contribution >= 4 is 11.6 Å². The molecule has 0 amide bonds. The van der Waals surface area contributed by atoms with Crippen molar-refractivity contribution in [1.29, 1.82) is 0 Å². The Morgan fingerprint density at radius 2 is 2.25 bits per heavy atom. The Morgan fingerprint density at radius 1 is 1.44 bits per heavy atom. The largest absolute Gasteiger partial charge is 0.330 e. The van der Waals surface area contributed by atoms with Gasteiger partial charge in [0.15, 0.2) is 0 Å². The van der Waals surface area contributed by atoms with Gasteiger partial charge in [-0.1, -0.05) is 30.7 Å². The summed E-state index contributed by atoms with van der Waals surface area (Å²) in [6.07, 6.45) is 4.40. The number of halogens is 2. The first-order valence-electron chi connectivity index (χ1n) is 5.15. The van der Waals surface area contributed by atoms with Crippen LogP contribution in [0.2, 0.25) is 5.02 Å². The minimum Gasteiger partial charge on any atom is -0.330 e. The highest BCUT2D eigenvalue weighted by Crippen LogP contribution is 2.19. The van der Waals surface area contributed by atoms with Gasteiger partial charge in [-0.25, -0.2) is 9.37 Å². The molecule has 0 aliphatic heterocycles. The summed E-state index contributed by atoms with van der Waals surface area (Å²) < 4.78 is 15.6. The molecular weight excluding hydrogens is 227 g/mol. The Balaban J connectivity index is 2.30. The van der Waals surface area contributed by atoms with Gasteiger partial charge in [0, 0.05) is 24.4 Å². The van der Waals surface area contributed by atoms with E-state index in [0.717, 1.165) is 12.2 Å². The highest BCUT2D eigenvalue weighted by Gasteiger charge is 2.08. The van der Waals surface area contributed by atoms with Gasteiger partial charge in [0.1, 0.15) is 11.6 Å². The van der Waals surface area contributed by atoms with Crippen molar-refractivity contribution in [3.8, 4) is 0 Å². The van der Waals surface area contributed by atoms with Crippen molar-refractivity contribution in [2.75, 3.05) is 0 Å². The van der Waals surface area contributed by atoms with Crippen molar-refractivity contribution < 1.29 is 4.39 Å². The molecule has 0 radical (unpaired) electrons. The van der Waals surface area contributed by atoms with E-state index in [-0.39, 0.29) is 10.8 Å². The van der Waals surface area contributed by atoms with Crippen molar-refractivity contribution in [3.63, 3.8) is 0 Å². The zero-order valence-electron chi connectivity index (χ0n) is 8.95. The smallest absolute Gasteiger partial charge is 0.146 e. The summed E-state index contributed by atoms with van der Waals surface area (Å²) in [4.78, 5) is 4.19. The number of benzene rings is 1. The highest BCUT2D eigenvalue weighted by molar-refractivity contribution is 6.30. The predicted octanol–water partition coefficient (Wildman–Crippen LogP) is 3.29. The van der Waals surface area contributed by atoms with Crippen LogP contribution in [0, 0.1) is 5.82 Å². The van der Waals surface area contributed by atoms with Gasteiger partial charge in [0.05, 0.1) is 11.6 Å². The third-order valence-electron chi connectivity index (χ3n) is 2.49. The van der Waals surface area contributed by atoms with Crippen LogP contribution in [0.3, 0.4) is 0 Å². The summed E-state index contributed by atoms with van der Waals surface area (Å²) in [6.45, 7) is 2.49. The fourth-order valence-corrected chi connectivity index (χ4v) is 1.85. The molecule has 0 atom stereocenters. The Hall–Kier alpha value is -1.35. The average molecular weight is 239 g/mol. The monoisotopic (exact) mass is 238 g/mol. The number of aryl methyl sites for hydroxylation is 1. The van der Waals surface area contributed by atoms with Gasteiger partial charge in [-0.2, -0.15) is 0 Å². The van der Waals surface area contributed by atoms with Gasteiger partial charge in [-0.05, 0) is 6.07 Å². The van der Waals surface area contributed by atoms with Crippen LogP contribution in [0.4, 0.5) is 4.39 Å². The Bertz CT molecular complexity index is 494. The van der Waals surface area contributed by atoms with E-state index in [4.69, 9.17) is 11.6 Å². The van der Waals surface area contributed by atoms with E-state index in [9.17, 15) is 4.39 Å². The average Bonchev–Trinajstić information content (AvgIpc) is 2.72. The maximum absolute atomic E-state index is 13.7. The molecule has 2 nitrogen and oxygen atoms in total. The van der Waals surface area contributed by atoms with Gasteiger partial charge in [0.2, 0.25) is 0 Å². The minimum atomic E-state index is -0.347. The van der Waals surface area contributed by atoms with E-state index in [1.54, 1.807) is 24.4 Å². The van der Waals surface area contributed by atoms with E-state index in [2.05, 4.69) is 4.98 Å². The number of hydrogen-bond acceptors (Lipinski definition) is 1. The highest BCUT2D eigenvalue weighted by atomic mass is 35.5. The lowest BCUT2D eigenvalue weighted by molar-refractivity contribution is 0.595. The lowest BCUT2D eigenvalue weighted by atomic mass is 10.2. The molecule has 84 valence electrons. The molecule has 0 unspecified atom stereocenters. The molecule has 2 aromatic rings. The fourth-order valence-electron chi connectivity index (χ4n) is 1.65. The van der Waals surface area contributed by atoms with Crippen molar-refractivity contribution in [2.45, 2.75) is 19.9 Å². The third kappa shape index (κ3) is 2.09. The molecule has 0 N–H and O–H groups in total. The van der Waals surface area contributed by atoms with Gasteiger partial charge < -0.3 is 4.57 Å². The maximum Gasteiger partial charge on any atom is 0.146 e. The number of aromatic nitrogens is 2. The van der Waals surface area contributed by atoms with Crippen LogP contribution in [-0.4, -0.2) is 9.55 Å². The summed E-state index contributed by atoms with van der Waals surface area (Å²) in [5.41, 5.74) is 0.584. The van der Waals surface area contributed by atoms with E-state index >= 15 is 0 Å². The molecule has 0 saturated heterocycles. The molecule has 0 aliphatic rings. The first kappa shape index (κ1) is 11.1. The molecular formula is C12H12ClFN2. The van der Waals surface area contributed by atoms with Gasteiger partial charge >= 0.3 is 0 Å². The molecule has 1 heterocycles. The maximum atomic E-state index is 13.7. The van der Waals surface area contributed by atoms with Crippen LogP contribution in [0.5, 0.6) is 0 Å². The molecule has 0 spiro atoms. The molecule has 1 aromatic heterocycles. The van der Waals surface area contributed by atoms with Crippen molar-refractivity contribution in [1.82, 2.24) is 9.55 Å². The summed E-state index contributed by atoms with van der Waals surface area (Å²) in [5.74, 6) is 0.597. The van der Waals surface area contributed by atoms with Gasteiger partial charge in [-0.15, -0.1) is 0 Å². The Morgan fingerprint density at radius 3 is 3.00 bits per heavy atom. The van der Waals surface area contributed by atoms with E-state index in [1.165, 1.54) is 0 Å². The fraction of sp³-hybridized carbons (Fsp3) is 0.250. The number of hydrogen-bond donors (Lipinski definition) is 0. The normalized spacial score (nSPS) is 10.7. The Kier molecular flexibility index (Phi) is 3.25. The molecule has 0 saturated carbocycles. The second-order valence-electron chi connectivity index (χ2n) is 3.54. The Labute approximate surface area is 98.7 Å². The quantitative estimate of drug-likeness (QED) is 0.803. The number of imidazole rings is 1. The van der Waals surface area contributed by atoms with E-state index in [0.29, 0.717) is 12.1 Å². The third-order valence-corrected chi connectivity index (χ3v) is 2.78.